The van der Waals surface area contributed by atoms with E-state index < -0.39 is 0 Å². The van der Waals surface area contributed by atoms with Gasteiger partial charge in [-0.1, -0.05) is 0 Å². The summed E-state index contributed by atoms with van der Waals surface area (Å²) in [5, 5.41) is 0. The van der Waals surface area contributed by atoms with Crippen molar-refractivity contribution in [2.24, 2.45) is 0 Å². The number of oxazole rings is 1. The summed E-state index contributed by atoms with van der Waals surface area (Å²) in [5.41, 5.74) is 1.11. The van der Waals surface area contributed by atoms with Crippen LogP contribution in [0.1, 0.15) is 6.92 Å². The Morgan fingerprint density at radius 2 is 2.38 bits per heavy atom. The van der Waals surface area contributed by atoms with Gasteiger partial charge in [0.25, 0.3) is 0 Å². The number of fused-ring (bicyclic) bond motifs is 1. The Bertz CT molecular complexity index is 500. The fraction of sp³-hybridized carbons (Fsp3) is 0.250. The fourth-order valence-electron chi connectivity index (χ4n) is 1.20. The minimum absolute atomic E-state index is 0.358. The molecule has 2 heterocycles. The lowest BCUT2D eigenvalue weighted by Gasteiger charge is -1.94. The Morgan fingerprint density at radius 1 is 1.62 bits per heavy atom. The molecule has 0 aliphatic rings. The Labute approximate surface area is 82.3 Å². The topological polar surface area (TPSA) is 48.0 Å². The maximum absolute atomic E-state index is 11.2. The third-order valence-corrected chi connectivity index (χ3v) is 2.24. The molecule has 4 nitrogen and oxygen atoms in total. The summed E-state index contributed by atoms with van der Waals surface area (Å²) in [6.45, 7) is 2.44. The summed E-state index contributed by atoms with van der Waals surface area (Å²) < 4.78 is 7.15. The summed E-state index contributed by atoms with van der Waals surface area (Å²) in [6, 6.07) is 3.46. The Hall–Kier alpha value is -1.10. The molecule has 0 aromatic carbocycles. The van der Waals surface area contributed by atoms with Gasteiger partial charge in [0.1, 0.15) is 4.60 Å². The normalized spacial score (nSPS) is 10.9. The van der Waals surface area contributed by atoms with Crippen LogP contribution in [-0.4, -0.2) is 9.55 Å². The van der Waals surface area contributed by atoms with Gasteiger partial charge in [-0.05, 0) is 35.0 Å². The Balaban J connectivity index is 2.89. The van der Waals surface area contributed by atoms with Crippen LogP contribution in [0.3, 0.4) is 0 Å². The maximum Gasteiger partial charge on any atom is 0.421 e. The molecule has 0 spiro atoms. The highest BCUT2D eigenvalue weighted by molar-refractivity contribution is 9.10. The van der Waals surface area contributed by atoms with Crippen LogP contribution < -0.4 is 5.76 Å². The van der Waals surface area contributed by atoms with E-state index >= 15 is 0 Å². The molecule has 0 aliphatic carbocycles. The van der Waals surface area contributed by atoms with E-state index in [1.54, 1.807) is 12.1 Å². The quantitative estimate of drug-likeness (QED) is 0.717. The monoisotopic (exact) mass is 242 g/mol. The zero-order valence-electron chi connectivity index (χ0n) is 6.95. The van der Waals surface area contributed by atoms with Gasteiger partial charge in [0.2, 0.25) is 0 Å². The molecule has 68 valence electrons. The predicted octanol–water partition coefficient (Wildman–Crippen LogP) is 1.77. The zero-order chi connectivity index (χ0) is 9.42. The van der Waals surface area contributed by atoms with Crippen molar-refractivity contribution in [3.63, 3.8) is 0 Å². The number of hydrogen-bond acceptors (Lipinski definition) is 3. The predicted molar refractivity (Wildman–Crippen MR) is 51.6 cm³/mol. The van der Waals surface area contributed by atoms with Crippen molar-refractivity contribution in [3.8, 4) is 0 Å². The van der Waals surface area contributed by atoms with Gasteiger partial charge in [0, 0.05) is 6.54 Å². The average Bonchev–Trinajstić information content (AvgIpc) is 2.40. The van der Waals surface area contributed by atoms with E-state index in [9.17, 15) is 4.79 Å². The minimum Gasteiger partial charge on any atom is -0.406 e. The Kier molecular flexibility index (Phi) is 1.95. The van der Waals surface area contributed by atoms with Crippen LogP contribution in [0.5, 0.6) is 0 Å². The van der Waals surface area contributed by atoms with E-state index in [1.165, 1.54) is 4.57 Å². The first-order valence-corrected chi connectivity index (χ1v) is 4.67. The molecule has 0 aliphatic heterocycles. The van der Waals surface area contributed by atoms with Crippen LogP contribution in [0.4, 0.5) is 0 Å². The highest BCUT2D eigenvalue weighted by Crippen LogP contribution is 2.14. The summed E-state index contributed by atoms with van der Waals surface area (Å²) in [7, 11) is 0. The summed E-state index contributed by atoms with van der Waals surface area (Å²) in [5.74, 6) is -0.358. The number of hydrogen-bond donors (Lipinski definition) is 0. The molecule has 5 heteroatoms. The first-order valence-electron chi connectivity index (χ1n) is 3.88. The standard InChI is InChI=1S/C8H7BrN2O2/c1-2-11-7-5(13-8(11)12)3-4-6(9)10-7/h3-4H,2H2,1H3. The number of aryl methyl sites for hydroxylation is 1. The van der Waals surface area contributed by atoms with Crippen molar-refractivity contribution < 1.29 is 4.42 Å². The maximum atomic E-state index is 11.2. The molecule has 0 amide bonds. The molecule has 0 unspecified atom stereocenters. The van der Waals surface area contributed by atoms with E-state index in [0.29, 0.717) is 22.4 Å². The molecule has 0 N–H and O–H groups in total. The molecule has 0 fully saturated rings. The first-order chi connectivity index (χ1) is 6.22. The van der Waals surface area contributed by atoms with Crippen molar-refractivity contribution in [2.45, 2.75) is 13.5 Å². The second kappa shape index (κ2) is 2.99. The van der Waals surface area contributed by atoms with E-state index in [2.05, 4.69) is 20.9 Å². The molecule has 0 radical (unpaired) electrons. The van der Waals surface area contributed by atoms with E-state index in [0.717, 1.165) is 0 Å². The van der Waals surface area contributed by atoms with Crippen molar-refractivity contribution in [3.05, 3.63) is 27.3 Å². The fourth-order valence-corrected chi connectivity index (χ4v) is 1.50. The zero-order valence-corrected chi connectivity index (χ0v) is 8.54. The average molecular weight is 243 g/mol. The molecular formula is C8H7BrN2O2. The highest BCUT2D eigenvalue weighted by Gasteiger charge is 2.08. The Morgan fingerprint density at radius 3 is 3.08 bits per heavy atom. The van der Waals surface area contributed by atoms with Crippen LogP contribution in [0.2, 0.25) is 0 Å². The van der Waals surface area contributed by atoms with Crippen molar-refractivity contribution >= 4 is 27.2 Å². The van der Waals surface area contributed by atoms with Gasteiger partial charge >= 0.3 is 5.76 Å². The van der Waals surface area contributed by atoms with Gasteiger partial charge in [-0.15, -0.1) is 0 Å². The van der Waals surface area contributed by atoms with Gasteiger partial charge in [-0.25, -0.2) is 9.78 Å². The summed E-state index contributed by atoms with van der Waals surface area (Å²) in [6.07, 6.45) is 0. The van der Waals surface area contributed by atoms with Crippen LogP contribution in [0.15, 0.2) is 25.9 Å². The van der Waals surface area contributed by atoms with Crippen molar-refractivity contribution in [2.75, 3.05) is 0 Å². The SMILES string of the molecule is CCn1c(=O)oc2ccc(Br)nc21. The number of nitrogens with zero attached hydrogens (tertiary/aromatic N) is 2. The number of aromatic nitrogens is 2. The van der Waals surface area contributed by atoms with Crippen molar-refractivity contribution in [1.82, 2.24) is 9.55 Å². The highest BCUT2D eigenvalue weighted by atomic mass is 79.9. The van der Waals surface area contributed by atoms with Gasteiger partial charge in [-0.3, -0.25) is 4.57 Å². The first kappa shape index (κ1) is 8.50. The van der Waals surface area contributed by atoms with E-state index in [4.69, 9.17) is 4.42 Å². The van der Waals surface area contributed by atoms with Gasteiger partial charge in [0.15, 0.2) is 11.2 Å². The van der Waals surface area contributed by atoms with Crippen LogP contribution in [0.25, 0.3) is 11.2 Å². The minimum atomic E-state index is -0.358. The smallest absolute Gasteiger partial charge is 0.406 e. The molecule has 0 atom stereocenters. The molecule has 13 heavy (non-hydrogen) atoms. The molecule has 0 saturated heterocycles. The summed E-state index contributed by atoms with van der Waals surface area (Å²) in [4.78, 5) is 15.4. The van der Waals surface area contributed by atoms with E-state index in [-0.39, 0.29) is 5.76 Å². The van der Waals surface area contributed by atoms with Gasteiger partial charge < -0.3 is 4.42 Å². The summed E-state index contributed by atoms with van der Waals surface area (Å²) >= 11 is 3.24. The number of pyridine rings is 1. The third-order valence-electron chi connectivity index (χ3n) is 1.79. The second-order valence-corrected chi connectivity index (χ2v) is 3.38. The lowest BCUT2D eigenvalue weighted by atomic mass is 10.4. The van der Waals surface area contributed by atoms with Crippen LogP contribution >= 0.6 is 15.9 Å². The number of rotatable bonds is 1. The molecule has 2 aromatic rings. The largest absolute Gasteiger partial charge is 0.421 e. The van der Waals surface area contributed by atoms with Gasteiger partial charge in [0.05, 0.1) is 0 Å². The molecule has 0 bridgehead atoms. The molecule has 0 saturated carbocycles. The van der Waals surface area contributed by atoms with E-state index in [1.807, 2.05) is 6.92 Å². The second-order valence-electron chi connectivity index (χ2n) is 2.57. The lowest BCUT2D eigenvalue weighted by Crippen LogP contribution is -2.12. The lowest BCUT2D eigenvalue weighted by molar-refractivity contribution is 0.513. The number of halogens is 1. The van der Waals surface area contributed by atoms with Crippen LogP contribution in [0, 0.1) is 0 Å². The third kappa shape index (κ3) is 1.29. The molecule has 2 rings (SSSR count). The molecule has 2 aromatic heterocycles. The molecular weight excluding hydrogens is 236 g/mol. The van der Waals surface area contributed by atoms with Crippen LogP contribution in [-0.2, 0) is 6.54 Å². The van der Waals surface area contributed by atoms with Crippen molar-refractivity contribution in [1.29, 1.82) is 0 Å². The van der Waals surface area contributed by atoms with Gasteiger partial charge in [-0.2, -0.15) is 0 Å².